The van der Waals surface area contributed by atoms with E-state index in [4.69, 9.17) is 0 Å². The van der Waals surface area contributed by atoms with E-state index in [1.54, 1.807) is 12.7 Å². The summed E-state index contributed by atoms with van der Waals surface area (Å²) in [5, 5.41) is 17.3. The van der Waals surface area contributed by atoms with Crippen molar-refractivity contribution in [2.75, 3.05) is 26.2 Å². The molecule has 1 atom stereocenters. The molecule has 0 bridgehead atoms. The molecule has 1 fully saturated rings. The highest BCUT2D eigenvalue weighted by Crippen LogP contribution is 2.17. The number of aliphatic hydroxyl groups is 1. The van der Waals surface area contributed by atoms with Gasteiger partial charge in [-0.3, -0.25) is 0 Å². The number of hydrogen-bond donors (Lipinski definition) is 2. The predicted molar refractivity (Wildman–Crippen MR) is 93.9 cm³/mol. The summed E-state index contributed by atoms with van der Waals surface area (Å²) in [6, 6.07) is 8.29. The topological polar surface area (TPSA) is 66.2 Å². The van der Waals surface area contributed by atoms with E-state index in [-0.39, 0.29) is 6.10 Å². The quantitative estimate of drug-likeness (QED) is 0.805. The molecule has 0 saturated carbocycles. The van der Waals surface area contributed by atoms with Gasteiger partial charge in [0.2, 0.25) is 0 Å². The maximum absolute atomic E-state index is 9.48. The number of piperidine rings is 1. The molecule has 2 heterocycles. The summed E-state index contributed by atoms with van der Waals surface area (Å²) in [6.45, 7) is 6.71. The van der Waals surface area contributed by atoms with E-state index >= 15 is 0 Å². The van der Waals surface area contributed by atoms with Crippen molar-refractivity contribution in [2.45, 2.75) is 32.4 Å². The third-order valence-corrected chi connectivity index (χ3v) is 4.64. The Balaban J connectivity index is 1.46. The van der Waals surface area contributed by atoms with Crippen LogP contribution in [-0.4, -0.2) is 57.1 Å². The third-order valence-electron chi connectivity index (χ3n) is 4.64. The maximum Gasteiger partial charge on any atom is 0.138 e. The van der Waals surface area contributed by atoms with Crippen LogP contribution in [0.4, 0.5) is 0 Å². The highest BCUT2D eigenvalue weighted by molar-refractivity contribution is 5.39. The molecule has 0 amide bonds. The standard InChI is InChI=1S/C18H27N5O/c1-15(24)12-22-8-6-16(7-9-22)10-19-11-17-4-2-3-5-18(17)23-14-20-13-21-23/h2-5,13-16,19,24H,6-12H2,1H3/t15-/m1/s1. The molecule has 1 aliphatic heterocycles. The zero-order valence-corrected chi connectivity index (χ0v) is 14.3. The number of aliphatic hydroxyl groups excluding tert-OH is 1. The zero-order chi connectivity index (χ0) is 16.8. The summed E-state index contributed by atoms with van der Waals surface area (Å²) in [4.78, 5) is 6.39. The van der Waals surface area contributed by atoms with Crippen molar-refractivity contribution in [3.8, 4) is 5.69 Å². The number of hydrogen-bond acceptors (Lipinski definition) is 5. The van der Waals surface area contributed by atoms with E-state index in [1.165, 1.54) is 18.4 Å². The van der Waals surface area contributed by atoms with Crippen LogP contribution in [0.2, 0.25) is 0 Å². The van der Waals surface area contributed by atoms with E-state index in [0.29, 0.717) is 5.92 Å². The maximum atomic E-state index is 9.48. The third kappa shape index (κ3) is 4.63. The summed E-state index contributed by atoms with van der Waals surface area (Å²) in [5.74, 6) is 0.716. The van der Waals surface area contributed by atoms with Gasteiger partial charge in [0.25, 0.3) is 0 Å². The lowest BCUT2D eigenvalue weighted by molar-refractivity contribution is 0.0998. The van der Waals surface area contributed by atoms with Crippen molar-refractivity contribution in [1.29, 1.82) is 0 Å². The zero-order valence-electron chi connectivity index (χ0n) is 14.3. The summed E-state index contributed by atoms with van der Waals surface area (Å²) in [7, 11) is 0. The van der Waals surface area contributed by atoms with Gasteiger partial charge < -0.3 is 15.3 Å². The fourth-order valence-corrected chi connectivity index (χ4v) is 3.37. The Morgan fingerprint density at radius 3 is 2.79 bits per heavy atom. The van der Waals surface area contributed by atoms with Gasteiger partial charge in [-0.15, -0.1) is 0 Å². The smallest absolute Gasteiger partial charge is 0.138 e. The molecule has 1 aliphatic rings. The van der Waals surface area contributed by atoms with E-state index in [2.05, 4.69) is 38.5 Å². The molecule has 2 N–H and O–H groups in total. The van der Waals surface area contributed by atoms with Crippen molar-refractivity contribution < 1.29 is 5.11 Å². The molecule has 0 spiro atoms. The molecule has 1 saturated heterocycles. The molecule has 1 aromatic heterocycles. The monoisotopic (exact) mass is 329 g/mol. The van der Waals surface area contributed by atoms with Crippen molar-refractivity contribution in [3.05, 3.63) is 42.5 Å². The fraction of sp³-hybridized carbons (Fsp3) is 0.556. The van der Waals surface area contributed by atoms with Crippen LogP contribution >= 0.6 is 0 Å². The number of likely N-dealkylation sites (tertiary alicyclic amines) is 1. The minimum absolute atomic E-state index is 0.229. The van der Waals surface area contributed by atoms with Crippen LogP contribution in [0.15, 0.2) is 36.9 Å². The predicted octanol–water partition coefficient (Wildman–Crippen LogP) is 1.45. The summed E-state index contributed by atoms with van der Waals surface area (Å²) in [5.41, 5.74) is 2.31. The van der Waals surface area contributed by atoms with Gasteiger partial charge in [0.1, 0.15) is 12.7 Å². The number of β-amino-alcohol motifs (C(OH)–C–C–N with tert-alkyl or cyclic N) is 1. The van der Waals surface area contributed by atoms with Gasteiger partial charge in [-0.25, -0.2) is 9.67 Å². The van der Waals surface area contributed by atoms with Crippen LogP contribution in [0.25, 0.3) is 5.69 Å². The molecular weight excluding hydrogens is 302 g/mol. The molecule has 6 nitrogen and oxygen atoms in total. The first-order valence-corrected chi connectivity index (χ1v) is 8.76. The summed E-state index contributed by atoms with van der Waals surface area (Å²) < 4.78 is 1.81. The molecule has 24 heavy (non-hydrogen) atoms. The van der Waals surface area contributed by atoms with Crippen LogP contribution in [0, 0.1) is 5.92 Å². The minimum atomic E-state index is -0.229. The SMILES string of the molecule is C[C@@H](O)CN1CCC(CNCc2ccccc2-n2cncn2)CC1. The number of rotatable bonds is 7. The molecule has 0 radical (unpaired) electrons. The number of aromatic nitrogens is 3. The van der Waals surface area contributed by atoms with Gasteiger partial charge >= 0.3 is 0 Å². The first-order valence-electron chi connectivity index (χ1n) is 8.76. The van der Waals surface area contributed by atoms with E-state index in [0.717, 1.165) is 38.4 Å². The Labute approximate surface area is 143 Å². The van der Waals surface area contributed by atoms with E-state index in [9.17, 15) is 5.11 Å². The molecule has 3 rings (SSSR count). The summed E-state index contributed by atoms with van der Waals surface area (Å²) >= 11 is 0. The highest BCUT2D eigenvalue weighted by atomic mass is 16.3. The van der Waals surface area contributed by atoms with Crippen molar-refractivity contribution in [3.63, 3.8) is 0 Å². The van der Waals surface area contributed by atoms with E-state index in [1.807, 2.05) is 17.7 Å². The first kappa shape index (κ1) is 17.1. The average Bonchev–Trinajstić information content (AvgIpc) is 3.11. The first-order chi connectivity index (χ1) is 11.7. The fourth-order valence-electron chi connectivity index (χ4n) is 3.37. The lowest BCUT2D eigenvalue weighted by Crippen LogP contribution is -2.40. The van der Waals surface area contributed by atoms with Crippen LogP contribution in [0.1, 0.15) is 25.3 Å². The van der Waals surface area contributed by atoms with Crippen LogP contribution in [-0.2, 0) is 6.54 Å². The van der Waals surface area contributed by atoms with Gasteiger partial charge in [0, 0.05) is 13.1 Å². The Bertz CT molecular complexity index is 606. The van der Waals surface area contributed by atoms with Crippen molar-refractivity contribution in [1.82, 2.24) is 25.0 Å². The van der Waals surface area contributed by atoms with Gasteiger partial charge in [-0.05, 0) is 56.9 Å². The molecular formula is C18H27N5O. The molecule has 0 unspecified atom stereocenters. The molecule has 6 heteroatoms. The normalized spacial score (nSPS) is 17.9. The lowest BCUT2D eigenvalue weighted by atomic mass is 9.96. The highest BCUT2D eigenvalue weighted by Gasteiger charge is 2.19. The minimum Gasteiger partial charge on any atom is -0.392 e. The van der Waals surface area contributed by atoms with Gasteiger partial charge in [-0.1, -0.05) is 18.2 Å². The van der Waals surface area contributed by atoms with Gasteiger partial charge in [0.15, 0.2) is 0 Å². The van der Waals surface area contributed by atoms with Gasteiger partial charge in [0.05, 0.1) is 11.8 Å². The van der Waals surface area contributed by atoms with E-state index < -0.39 is 0 Å². The van der Waals surface area contributed by atoms with Crippen LogP contribution in [0.3, 0.4) is 0 Å². The molecule has 130 valence electrons. The molecule has 2 aromatic rings. The largest absolute Gasteiger partial charge is 0.392 e. The van der Waals surface area contributed by atoms with Crippen LogP contribution in [0.5, 0.6) is 0 Å². The Hall–Kier alpha value is -1.76. The van der Waals surface area contributed by atoms with Crippen LogP contribution < -0.4 is 5.32 Å². The Kier molecular flexibility index (Phi) is 5.96. The van der Waals surface area contributed by atoms with Crippen molar-refractivity contribution >= 4 is 0 Å². The second kappa shape index (κ2) is 8.37. The second-order valence-electron chi connectivity index (χ2n) is 6.69. The molecule has 1 aromatic carbocycles. The number of nitrogens with one attached hydrogen (secondary N) is 1. The number of para-hydroxylation sites is 1. The lowest BCUT2D eigenvalue weighted by Gasteiger charge is -2.32. The van der Waals surface area contributed by atoms with Crippen molar-refractivity contribution in [2.24, 2.45) is 5.92 Å². The Morgan fingerprint density at radius 2 is 2.08 bits per heavy atom. The summed E-state index contributed by atoms with van der Waals surface area (Å²) in [6.07, 6.45) is 5.46. The van der Waals surface area contributed by atoms with Gasteiger partial charge in [-0.2, -0.15) is 5.10 Å². The molecule has 0 aliphatic carbocycles. The number of nitrogens with zero attached hydrogens (tertiary/aromatic N) is 4. The second-order valence-corrected chi connectivity index (χ2v) is 6.69. The Morgan fingerprint density at radius 1 is 1.29 bits per heavy atom. The number of benzene rings is 1. The average molecular weight is 329 g/mol.